The molecule has 23 heavy (non-hydrogen) atoms. The lowest BCUT2D eigenvalue weighted by atomic mass is 10.2. The summed E-state index contributed by atoms with van der Waals surface area (Å²) in [5.74, 6) is -0.530. The number of sulfonamides is 1. The molecule has 0 aliphatic heterocycles. The molecule has 2 aromatic rings. The van der Waals surface area contributed by atoms with Gasteiger partial charge in [-0.25, -0.2) is 13.1 Å². The highest BCUT2D eigenvalue weighted by molar-refractivity contribution is 7.89. The van der Waals surface area contributed by atoms with Crippen molar-refractivity contribution in [2.24, 2.45) is 0 Å². The molecule has 0 bridgehead atoms. The normalized spacial score (nSPS) is 11.0. The quantitative estimate of drug-likeness (QED) is 0.637. The number of nitro groups is 1. The molecule has 0 aromatic heterocycles. The number of benzene rings is 2. The molecule has 0 atom stereocenters. The minimum Gasteiger partial charge on any atom is -0.322 e. The van der Waals surface area contributed by atoms with Crippen LogP contribution in [-0.4, -0.2) is 26.3 Å². The van der Waals surface area contributed by atoms with Gasteiger partial charge in [0.25, 0.3) is 11.6 Å². The number of nitrogens with one attached hydrogen (secondary N) is 2. The fourth-order valence-electron chi connectivity index (χ4n) is 1.80. The number of hydrogen-bond acceptors (Lipinski definition) is 5. The molecule has 0 spiro atoms. The largest absolute Gasteiger partial charge is 0.322 e. The smallest absolute Gasteiger partial charge is 0.270 e. The minimum atomic E-state index is -3.55. The summed E-state index contributed by atoms with van der Waals surface area (Å²) in [5.41, 5.74) is 0.316. The molecule has 0 aliphatic rings. The first kappa shape index (κ1) is 16.6. The minimum absolute atomic E-state index is 0.0633. The third kappa shape index (κ3) is 3.90. The molecule has 2 N–H and O–H groups in total. The Balaban J connectivity index is 2.18. The predicted molar refractivity (Wildman–Crippen MR) is 83.7 cm³/mol. The van der Waals surface area contributed by atoms with E-state index in [0.29, 0.717) is 5.69 Å². The maximum atomic E-state index is 12.1. The first-order chi connectivity index (χ1) is 10.8. The fraction of sp³-hybridized carbons (Fsp3) is 0.0714. The zero-order chi connectivity index (χ0) is 17.0. The van der Waals surface area contributed by atoms with Gasteiger partial charge in [0.05, 0.1) is 9.82 Å². The van der Waals surface area contributed by atoms with Gasteiger partial charge in [0.2, 0.25) is 10.0 Å². The van der Waals surface area contributed by atoms with E-state index in [1.807, 2.05) is 0 Å². The number of nitrogens with zero attached hydrogens (tertiary/aromatic N) is 1. The summed E-state index contributed by atoms with van der Waals surface area (Å²) in [6, 6.07) is 10.9. The highest BCUT2D eigenvalue weighted by Gasteiger charge is 2.13. The van der Waals surface area contributed by atoms with E-state index in [4.69, 9.17) is 0 Å². The maximum absolute atomic E-state index is 12.1. The Morgan fingerprint density at radius 3 is 2.35 bits per heavy atom. The molecule has 0 aliphatic carbocycles. The number of carbonyl (C=O) groups is 1. The third-order valence-corrected chi connectivity index (χ3v) is 4.44. The molecule has 0 unspecified atom stereocenters. The molecule has 1 amide bonds. The van der Waals surface area contributed by atoms with Crippen molar-refractivity contribution in [1.82, 2.24) is 4.72 Å². The molecule has 2 rings (SSSR count). The molecule has 0 fully saturated rings. The molecule has 120 valence electrons. The van der Waals surface area contributed by atoms with Crippen LogP contribution in [0.2, 0.25) is 0 Å². The summed E-state index contributed by atoms with van der Waals surface area (Å²) in [7, 11) is -2.25. The zero-order valence-corrected chi connectivity index (χ0v) is 12.8. The Hall–Kier alpha value is -2.78. The molecule has 9 heteroatoms. The van der Waals surface area contributed by atoms with Crippen molar-refractivity contribution in [3.8, 4) is 0 Å². The molecule has 0 heterocycles. The maximum Gasteiger partial charge on any atom is 0.270 e. The van der Waals surface area contributed by atoms with Gasteiger partial charge in [0, 0.05) is 23.4 Å². The number of amides is 1. The van der Waals surface area contributed by atoms with Crippen LogP contribution in [0.4, 0.5) is 11.4 Å². The summed E-state index contributed by atoms with van der Waals surface area (Å²) >= 11 is 0. The van der Waals surface area contributed by atoms with Gasteiger partial charge in [-0.15, -0.1) is 0 Å². The van der Waals surface area contributed by atoms with Crippen molar-refractivity contribution in [2.45, 2.75) is 4.90 Å². The zero-order valence-electron chi connectivity index (χ0n) is 12.0. The lowest BCUT2D eigenvalue weighted by molar-refractivity contribution is -0.384. The highest BCUT2D eigenvalue weighted by Crippen LogP contribution is 2.17. The van der Waals surface area contributed by atoms with Crippen LogP contribution < -0.4 is 10.0 Å². The standard InChI is InChI=1S/C14H13N3O5S/c1-15-23(21,22)13-7-5-11(6-8-13)16-14(18)10-3-2-4-12(9-10)17(19)20/h2-9,15H,1H3,(H,16,18). The molecule has 8 nitrogen and oxygen atoms in total. The van der Waals surface area contributed by atoms with Crippen LogP contribution in [-0.2, 0) is 10.0 Å². The van der Waals surface area contributed by atoms with Gasteiger partial charge in [0.15, 0.2) is 0 Å². The van der Waals surface area contributed by atoms with E-state index in [-0.39, 0.29) is 16.1 Å². The average Bonchev–Trinajstić information content (AvgIpc) is 2.55. The average molecular weight is 335 g/mol. The van der Waals surface area contributed by atoms with E-state index < -0.39 is 20.9 Å². The van der Waals surface area contributed by atoms with E-state index in [0.717, 1.165) is 6.07 Å². The Bertz CT molecular complexity index is 847. The van der Waals surface area contributed by atoms with Gasteiger partial charge >= 0.3 is 0 Å². The Kier molecular flexibility index (Phi) is 4.72. The van der Waals surface area contributed by atoms with Gasteiger partial charge in [-0.2, -0.15) is 0 Å². The van der Waals surface area contributed by atoms with Crippen molar-refractivity contribution in [3.63, 3.8) is 0 Å². The topological polar surface area (TPSA) is 118 Å². The first-order valence-corrected chi connectivity index (χ1v) is 7.91. The fourth-order valence-corrected chi connectivity index (χ4v) is 2.53. The summed E-state index contributed by atoms with van der Waals surface area (Å²) < 4.78 is 25.4. The van der Waals surface area contributed by atoms with Crippen LogP contribution in [0.25, 0.3) is 0 Å². The van der Waals surface area contributed by atoms with Crippen molar-refractivity contribution in [1.29, 1.82) is 0 Å². The number of anilines is 1. The number of nitro benzene ring substituents is 1. The molecule has 2 aromatic carbocycles. The lowest BCUT2D eigenvalue weighted by Gasteiger charge is -2.07. The SMILES string of the molecule is CNS(=O)(=O)c1ccc(NC(=O)c2cccc([N+](=O)[O-])c2)cc1. The monoisotopic (exact) mass is 335 g/mol. The van der Waals surface area contributed by atoms with E-state index in [1.54, 1.807) is 0 Å². The lowest BCUT2D eigenvalue weighted by Crippen LogP contribution is -2.18. The third-order valence-electron chi connectivity index (χ3n) is 3.01. The van der Waals surface area contributed by atoms with Crippen molar-refractivity contribution in [3.05, 3.63) is 64.2 Å². The highest BCUT2D eigenvalue weighted by atomic mass is 32.2. The van der Waals surface area contributed by atoms with Crippen LogP contribution in [0.3, 0.4) is 0 Å². The van der Waals surface area contributed by atoms with Gasteiger partial charge in [-0.05, 0) is 37.4 Å². The summed E-state index contributed by atoms with van der Waals surface area (Å²) in [5, 5.41) is 13.2. The number of rotatable bonds is 5. The predicted octanol–water partition coefficient (Wildman–Crippen LogP) is 1.76. The van der Waals surface area contributed by atoms with Crippen LogP contribution in [0.15, 0.2) is 53.4 Å². The second-order valence-corrected chi connectivity index (χ2v) is 6.38. The van der Waals surface area contributed by atoms with Crippen molar-refractivity contribution >= 4 is 27.3 Å². The van der Waals surface area contributed by atoms with Crippen LogP contribution >= 0.6 is 0 Å². The summed E-state index contributed by atoms with van der Waals surface area (Å²) in [4.78, 5) is 22.2. The number of non-ortho nitro benzene ring substituents is 1. The van der Waals surface area contributed by atoms with E-state index in [1.165, 1.54) is 49.5 Å². The number of carbonyl (C=O) groups excluding carboxylic acids is 1. The second-order valence-electron chi connectivity index (χ2n) is 4.49. The second kappa shape index (κ2) is 6.55. The van der Waals surface area contributed by atoms with E-state index >= 15 is 0 Å². The van der Waals surface area contributed by atoms with E-state index in [9.17, 15) is 23.3 Å². The summed E-state index contributed by atoms with van der Waals surface area (Å²) in [6.45, 7) is 0. The molecule has 0 saturated carbocycles. The Morgan fingerprint density at radius 2 is 1.78 bits per heavy atom. The first-order valence-electron chi connectivity index (χ1n) is 6.43. The Morgan fingerprint density at radius 1 is 1.13 bits per heavy atom. The summed E-state index contributed by atoms with van der Waals surface area (Å²) in [6.07, 6.45) is 0. The van der Waals surface area contributed by atoms with Gasteiger partial charge < -0.3 is 5.32 Å². The van der Waals surface area contributed by atoms with E-state index in [2.05, 4.69) is 10.0 Å². The molecular formula is C14H13N3O5S. The molecule has 0 radical (unpaired) electrons. The van der Waals surface area contributed by atoms with Gasteiger partial charge in [0.1, 0.15) is 0 Å². The number of hydrogen-bond donors (Lipinski definition) is 2. The van der Waals surface area contributed by atoms with Crippen LogP contribution in [0.1, 0.15) is 10.4 Å². The van der Waals surface area contributed by atoms with Crippen LogP contribution in [0, 0.1) is 10.1 Å². The molecular weight excluding hydrogens is 322 g/mol. The van der Waals surface area contributed by atoms with Gasteiger partial charge in [-0.1, -0.05) is 6.07 Å². The van der Waals surface area contributed by atoms with Crippen molar-refractivity contribution in [2.75, 3.05) is 12.4 Å². The van der Waals surface area contributed by atoms with Crippen molar-refractivity contribution < 1.29 is 18.1 Å². The van der Waals surface area contributed by atoms with Crippen LogP contribution in [0.5, 0.6) is 0 Å². The Labute approximate surface area is 132 Å². The van der Waals surface area contributed by atoms with Gasteiger partial charge in [-0.3, -0.25) is 14.9 Å². The molecule has 0 saturated heterocycles.